The van der Waals surface area contributed by atoms with Gasteiger partial charge in [0.15, 0.2) is 11.6 Å². The van der Waals surface area contributed by atoms with E-state index in [2.05, 4.69) is 14.9 Å². The first-order valence-corrected chi connectivity index (χ1v) is 5.30. The molecule has 1 aromatic heterocycles. The lowest BCUT2D eigenvalue weighted by Crippen LogP contribution is -2.27. The third-order valence-electron chi connectivity index (χ3n) is 2.54. The fraction of sp³-hybridized carbons (Fsp3) is 0.600. The van der Waals surface area contributed by atoms with Gasteiger partial charge >= 0.3 is 0 Å². The molecule has 88 valence electrons. The van der Waals surface area contributed by atoms with E-state index in [-0.39, 0.29) is 0 Å². The van der Waals surface area contributed by atoms with Crippen molar-refractivity contribution in [1.82, 2.24) is 9.97 Å². The summed E-state index contributed by atoms with van der Waals surface area (Å²) in [6.45, 7) is 3.19. The molecule has 1 aromatic rings. The minimum absolute atomic E-state index is 0.373. The molecule has 0 aromatic carbocycles. The maximum absolute atomic E-state index is 5.74. The monoisotopic (exact) mass is 224 g/mol. The van der Waals surface area contributed by atoms with Crippen LogP contribution in [0, 0.1) is 0 Å². The highest BCUT2D eigenvalue weighted by molar-refractivity contribution is 5.62. The summed E-state index contributed by atoms with van der Waals surface area (Å²) in [5, 5.41) is 0. The zero-order valence-electron chi connectivity index (χ0n) is 9.35. The van der Waals surface area contributed by atoms with Gasteiger partial charge in [-0.3, -0.25) is 0 Å². The summed E-state index contributed by atoms with van der Waals surface area (Å²) < 4.78 is 10.6. The Bertz CT molecular complexity index is 351. The van der Waals surface area contributed by atoms with Crippen LogP contribution in [0.4, 0.5) is 11.6 Å². The molecule has 0 amide bonds. The minimum atomic E-state index is 0.373. The maximum atomic E-state index is 5.74. The Labute approximate surface area is 94.4 Å². The predicted octanol–water partition coefficient (Wildman–Crippen LogP) is 0.294. The van der Waals surface area contributed by atoms with Crippen molar-refractivity contribution in [2.24, 2.45) is 0 Å². The van der Waals surface area contributed by atoms with Gasteiger partial charge in [-0.25, -0.2) is 9.97 Å². The number of hydrogen-bond donors (Lipinski definition) is 1. The lowest BCUT2D eigenvalue weighted by molar-refractivity contribution is 0.152. The Balaban J connectivity index is 2.27. The van der Waals surface area contributed by atoms with Crippen LogP contribution in [-0.2, 0) is 4.74 Å². The lowest BCUT2D eigenvalue weighted by atomic mass is 10.3. The third-order valence-corrected chi connectivity index (χ3v) is 2.54. The van der Waals surface area contributed by atoms with Crippen molar-refractivity contribution in [1.29, 1.82) is 0 Å². The number of methoxy groups -OCH3 is 1. The Morgan fingerprint density at radius 3 is 3.06 bits per heavy atom. The second kappa shape index (κ2) is 4.98. The average molecular weight is 224 g/mol. The van der Waals surface area contributed by atoms with Crippen molar-refractivity contribution in [3.05, 3.63) is 6.33 Å². The molecule has 0 unspecified atom stereocenters. The van der Waals surface area contributed by atoms with Gasteiger partial charge in [-0.2, -0.15) is 0 Å². The Hall–Kier alpha value is -1.56. The van der Waals surface area contributed by atoms with Gasteiger partial charge in [-0.1, -0.05) is 0 Å². The van der Waals surface area contributed by atoms with Crippen molar-refractivity contribution in [3.63, 3.8) is 0 Å². The van der Waals surface area contributed by atoms with E-state index >= 15 is 0 Å². The molecule has 6 heteroatoms. The standard InChI is InChI=1S/C10H16N4O2/c1-15-8-9(11)12-7-13-10(8)14-3-2-5-16-6-4-14/h7H,2-6H2,1H3,(H2,11,12,13). The molecule has 2 rings (SSSR count). The van der Waals surface area contributed by atoms with Gasteiger partial charge in [-0.15, -0.1) is 0 Å². The van der Waals surface area contributed by atoms with Gasteiger partial charge in [-0.05, 0) is 6.42 Å². The molecular formula is C10H16N4O2. The highest BCUT2D eigenvalue weighted by Crippen LogP contribution is 2.30. The number of anilines is 2. The van der Waals surface area contributed by atoms with Crippen LogP contribution >= 0.6 is 0 Å². The maximum Gasteiger partial charge on any atom is 0.204 e. The van der Waals surface area contributed by atoms with E-state index in [0.717, 1.165) is 31.9 Å². The van der Waals surface area contributed by atoms with Crippen LogP contribution in [0.15, 0.2) is 6.33 Å². The van der Waals surface area contributed by atoms with E-state index in [9.17, 15) is 0 Å². The molecule has 0 saturated carbocycles. The molecule has 1 aliphatic rings. The summed E-state index contributed by atoms with van der Waals surface area (Å²) in [5.41, 5.74) is 5.74. The SMILES string of the molecule is COc1c(N)ncnc1N1CCCOCC1. The number of nitrogen functional groups attached to an aromatic ring is 1. The molecule has 1 aliphatic heterocycles. The number of rotatable bonds is 2. The first-order valence-electron chi connectivity index (χ1n) is 5.30. The summed E-state index contributed by atoms with van der Waals surface area (Å²) in [6, 6.07) is 0. The Morgan fingerprint density at radius 1 is 1.38 bits per heavy atom. The second-order valence-electron chi connectivity index (χ2n) is 3.57. The quantitative estimate of drug-likeness (QED) is 0.778. The summed E-state index contributed by atoms with van der Waals surface area (Å²) >= 11 is 0. The van der Waals surface area contributed by atoms with E-state index in [1.54, 1.807) is 7.11 Å². The number of nitrogens with zero attached hydrogens (tertiary/aromatic N) is 3. The van der Waals surface area contributed by atoms with Crippen molar-refractivity contribution in [2.75, 3.05) is 44.0 Å². The van der Waals surface area contributed by atoms with Crippen LogP contribution in [0.25, 0.3) is 0 Å². The molecule has 0 atom stereocenters. The molecule has 2 heterocycles. The summed E-state index contributed by atoms with van der Waals surface area (Å²) in [6.07, 6.45) is 2.44. The van der Waals surface area contributed by atoms with Crippen molar-refractivity contribution >= 4 is 11.6 Å². The molecule has 1 fully saturated rings. The Morgan fingerprint density at radius 2 is 2.25 bits per heavy atom. The number of ether oxygens (including phenoxy) is 2. The molecule has 2 N–H and O–H groups in total. The predicted molar refractivity (Wildman–Crippen MR) is 60.6 cm³/mol. The number of aromatic nitrogens is 2. The van der Waals surface area contributed by atoms with E-state index < -0.39 is 0 Å². The van der Waals surface area contributed by atoms with Crippen LogP contribution in [0.5, 0.6) is 5.75 Å². The first kappa shape index (κ1) is 10.9. The molecule has 0 spiro atoms. The summed E-state index contributed by atoms with van der Waals surface area (Å²) in [5.74, 6) is 1.67. The van der Waals surface area contributed by atoms with Gasteiger partial charge in [0.2, 0.25) is 5.75 Å². The van der Waals surface area contributed by atoms with E-state index in [1.807, 2.05) is 0 Å². The number of hydrogen-bond acceptors (Lipinski definition) is 6. The van der Waals surface area contributed by atoms with Gasteiger partial charge in [0.25, 0.3) is 0 Å². The normalized spacial score (nSPS) is 16.9. The lowest BCUT2D eigenvalue weighted by Gasteiger charge is -2.22. The van der Waals surface area contributed by atoms with Gasteiger partial charge in [0.05, 0.1) is 13.7 Å². The largest absolute Gasteiger partial charge is 0.490 e. The van der Waals surface area contributed by atoms with Crippen molar-refractivity contribution < 1.29 is 9.47 Å². The summed E-state index contributed by atoms with van der Waals surface area (Å²) in [4.78, 5) is 10.3. The minimum Gasteiger partial charge on any atom is -0.490 e. The first-order chi connectivity index (χ1) is 7.83. The molecule has 1 saturated heterocycles. The molecule has 0 radical (unpaired) electrons. The van der Waals surface area contributed by atoms with E-state index in [4.69, 9.17) is 15.2 Å². The van der Waals surface area contributed by atoms with E-state index in [1.165, 1.54) is 6.33 Å². The average Bonchev–Trinajstić information content (AvgIpc) is 2.57. The molecule has 6 nitrogen and oxygen atoms in total. The van der Waals surface area contributed by atoms with Gasteiger partial charge in [0, 0.05) is 19.7 Å². The van der Waals surface area contributed by atoms with E-state index in [0.29, 0.717) is 18.2 Å². The topological polar surface area (TPSA) is 73.5 Å². The van der Waals surface area contributed by atoms with Crippen LogP contribution < -0.4 is 15.4 Å². The fourth-order valence-corrected chi connectivity index (χ4v) is 1.76. The van der Waals surface area contributed by atoms with Crippen molar-refractivity contribution in [2.45, 2.75) is 6.42 Å². The highest BCUT2D eigenvalue weighted by Gasteiger charge is 2.18. The third kappa shape index (κ3) is 2.16. The molecule has 0 bridgehead atoms. The van der Waals surface area contributed by atoms with Gasteiger partial charge < -0.3 is 20.1 Å². The smallest absolute Gasteiger partial charge is 0.204 e. The molecule has 0 aliphatic carbocycles. The second-order valence-corrected chi connectivity index (χ2v) is 3.57. The van der Waals surface area contributed by atoms with Crippen LogP contribution in [0.1, 0.15) is 6.42 Å². The molecule has 16 heavy (non-hydrogen) atoms. The van der Waals surface area contributed by atoms with Crippen LogP contribution in [-0.4, -0.2) is 43.4 Å². The van der Waals surface area contributed by atoms with Crippen LogP contribution in [0.3, 0.4) is 0 Å². The number of nitrogens with two attached hydrogens (primary N) is 1. The van der Waals surface area contributed by atoms with Crippen LogP contribution in [0.2, 0.25) is 0 Å². The van der Waals surface area contributed by atoms with Crippen molar-refractivity contribution in [3.8, 4) is 5.75 Å². The Kier molecular flexibility index (Phi) is 3.40. The van der Waals surface area contributed by atoms with Gasteiger partial charge in [0.1, 0.15) is 6.33 Å². The zero-order valence-corrected chi connectivity index (χ0v) is 9.35. The highest BCUT2D eigenvalue weighted by atomic mass is 16.5. The molecular weight excluding hydrogens is 208 g/mol. The fourth-order valence-electron chi connectivity index (χ4n) is 1.76. The summed E-state index contributed by atoms with van der Waals surface area (Å²) in [7, 11) is 1.58. The zero-order chi connectivity index (χ0) is 11.4.